The van der Waals surface area contributed by atoms with Crippen LogP contribution in [-0.4, -0.2) is 28.3 Å². The Morgan fingerprint density at radius 1 is 0.854 bits per heavy atom. The molecule has 1 N–H and O–H groups in total. The average Bonchev–Trinajstić information content (AvgIpc) is 3.28. The van der Waals surface area contributed by atoms with Gasteiger partial charge in [0, 0.05) is 29.1 Å². The van der Waals surface area contributed by atoms with Gasteiger partial charge >= 0.3 is 12.1 Å². The maximum atomic E-state index is 14.5. The van der Waals surface area contributed by atoms with E-state index in [1.807, 2.05) is 0 Å². The number of esters is 1. The van der Waals surface area contributed by atoms with Gasteiger partial charge in [-0.3, -0.25) is 0 Å². The van der Waals surface area contributed by atoms with Crippen molar-refractivity contribution in [2.24, 2.45) is 0 Å². The molecule has 216 valence electrons. The molecule has 41 heavy (non-hydrogen) atoms. The zero-order valence-corrected chi connectivity index (χ0v) is 22.4. The smallest absolute Gasteiger partial charge is 0.408 e. The fourth-order valence-electron chi connectivity index (χ4n) is 4.27. The number of hydrogen-bond acceptors (Lipinski definition) is 4. The lowest BCUT2D eigenvalue weighted by Gasteiger charge is -2.23. The van der Waals surface area contributed by atoms with Gasteiger partial charge in [0.25, 0.3) is 0 Å². The highest BCUT2D eigenvalue weighted by Crippen LogP contribution is 2.28. The molecule has 0 bridgehead atoms. The standard InChI is InChI=1S/C30H27F5N2O4/c1-30(2,3)41-29(39)36-21(28(38)40-16-17-9-5-4-6-10-17)13-18-14-37(22-12-8-7-11-19(18)22)15-20-23(31)25(33)27(35)26(34)24(20)32/h4-12,14,21H,13,15-16H2,1-3H3,(H,36,39). The van der Waals surface area contributed by atoms with E-state index in [-0.39, 0.29) is 13.0 Å². The molecule has 0 saturated heterocycles. The summed E-state index contributed by atoms with van der Waals surface area (Å²) in [4.78, 5) is 25.7. The van der Waals surface area contributed by atoms with Gasteiger partial charge in [-0.2, -0.15) is 0 Å². The second-order valence-corrected chi connectivity index (χ2v) is 10.3. The minimum atomic E-state index is -2.24. The van der Waals surface area contributed by atoms with Crippen LogP contribution in [0.3, 0.4) is 0 Å². The van der Waals surface area contributed by atoms with Gasteiger partial charge in [0.15, 0.2) is 23.3 Å². The number of benzene rings is 3. The number of rotatable bonds is 8. The zero-order chi connectivity index (χ0) is 29.9. The van der Waals surface area contributed by atoms with E-state index in [2.05, 4.69) is 5.32 Å². The topological polar surface area (TPSA) is 69.6 Å². The van der Waals surface area contributed by atoms with E-state index in [0.29, 0.717) is 16.5 Å². The Labute approximate surface area is 232 Å². The van der Waals surface area contributed by atoms with Crippen molar-refractivity contribution in [2.75, 3.05) is 0 Å². The predicted molar refractivity (Wildman–Crippen MR) is 140 cm³/mol. The molecule has 0 aliphatic rings. The second-order valence-electron chi connectivity index (χ2n) is 10.3. The van der Waals surface area contributed by atoms with E-state index in [0.717, 1.165) is 5.56 Å². The third-order valence-corrected chi connectivity index (χ3v) is 6.12. The normalized spacial score (nSPS) is 12.3. The van der Waals surface area contributed by atoms with Crippen molar-refractivity contribution < 1.29 is 41.0 Å². The SMILES string of the molecule is CC(C)(C)OC(=O)NC(Cc1cn(Cc2c(F)c(F)c(F)c(F)c2F)c2ccccc12)C(=O)OCc1ccccc1. The number of alkyl carbamates (subject to hydrolysis) is 1. The maximum Gasteiger partial charge on any atom is 0.408 e. The van der Waals surface area contributed by atoms with E-state index in [4.69, 9.17) is 9.47 Å². The fourth-order valence-corrected chi connectivity index (χ4v) is 4.27. The van der Waals surface area contributed by atoms with Gasteiger partial charge < -0.3 is 19.4 Å². The highest BCUT2D eigenvalue weighted by Gasteiger charge is 2.29. The Morgan fingerprint density at radius 3 is 2.07 bits per heavy atom. The van der Waals surface area contributed by atoms with E-state index in [1.165, 1.54) is 10.8 Å². The van der Waals surface area contributed by atoms with Gasteiger partial charge in [0.05, 0.1) is 6.54 Å². The molecule has 1 unspecified atom stereocenters. The van der Waals surface area contributed by atoms with Crippen LogP contribution in [0.15, 0.2) is 60.8 Å². The number of para-hydroxylation sites is 1. The summed E-state index contributed by atoms with van der Waals surface area (Å²) < 4.78 is 82.2. The summed E-state index contributed by atoms with van der Waals surface area (Å²) in [6.45, 7) is 4.22. The van der Waals surface area contributed by atoms with Crippen LogP contribution in [-0.2, 0) is 33.8 Å². The van der Waals surface area contributed by atoms with Gasteiger partial charge in [-0.25, -0.2) is 31.5 Å². The molecule has 1 amide bonds. The van der Waals surface area contributed by atoms with E-state index in [9.17, 15) is 31.5 Å². The molecule has 1 aromatic heterocycles. The molecule has 0 aliphatic heterocycles. The summed E-state index contributed by atoms with van der Waals surface area (Å²) in [5.41, 5.74) is -0.301. The Balaban J connectivity index is 1.67. The molecular weight excluding hydrogens is 547 g/mol. The maximum absolute atomic E-state index is 14.5. The highest BCUT2D eigenvalue weighted by molar-refractivity contribution is 5.86. The van der Waals surface area contributed by atoms with Crippen molar-refractivity contribution in [1.82, 2.24) is 9.88 Å². The summed E-state index contributed by atoms with van der Waals surface area (Å²) in [6, 6.07) is 14.2. The van der Waals surface area contributed by atoms with Gasteiger partial charge in [-0.15, -0.1) is 0 Å². The van der Waals surface area contributed by atoms with Crippen LogP contribution in [0.2, 0.25) is 0 Å². The molecule has 11 heteroatoms. The van der Waals surface area contributed by atoms with Gasteiger partial charge in [0.1, 0.15) is 18.2 Å². The summed E-state index contributed by atoms with van der Waals surface area (Å²) in [5.74, 6) is -11.0. The first kappa shape index (κ1) is 29.6. The number of amides is 1. The fraction of sp³-hybridized carbons (Fsp3) is 0.267. The molecule has 1 atom stereocenters. The quantitative estimate of drug-likeness (QED) is 0.112. The third kappa shape index (κ3) is 6.85. The number of ether oxygens (including phenoxy) is 2. The van der Waals surface area contributed by atoms with Gasteiger partial charge in [0.2, 0.25) is 5.82 Å². The van der Waals surface area contributed by atoms with Crippen LogP contribution in [0, 0.1) is 29.1 Å². The van der Waals surface area contributed by atoms with E-state index < -0.39 is 64.9 Å². The third-order valence-electron chi connectivity index (χ3n) is 6.12. The first-order valence-electron chi connectivity index (χ1n) is 12.6. The Kier molecular flexibility index (Phi) is 8.65. The molecule has 0 spiro atoms. The number of carbonyl (C=O) groups excluding carboxylic acids is 2. The lowest BCUT2D eigenvalue weighted by Crippen LogP contribution is -2.45. The minimum absolute atomic E-state index is 0.0613. The molecule has 3 aromatic carbocycles. The summed E-state index contributed by atoms with van der Waals surface area (Å²) in [5, 5.41) is 3.05. The summed E-state index contributed by atoms with van der Waals surface area (Å²) in [7, 11) is 0. The Hall–Kier alpha value is -4.41. The van der Waals surface area contributed by atoms with Crippen LogP contribution in [0.4, 0.5) is 26.7 Å². The van der Waals surface area contributed by atoms with Crippen LogP contribution < -0.4 is 5.32 Å². The molecule has 0 aliphatic carbocycles. The van der Waals surface area contributed by atoms with Crippen molar-refractivity contribution >= 4 is 23.0 Å². The summed E-state index contributed by atoms with van der Waals surface area (Å²) >= 11 is 0. The predicted octanol–water partition coefficient (Wildman–Crippen LogP) is 6.56. The average molecular weight is 575 g/mol. The van der Waals surface area contributed by atoms with Crippen LogP contribution >= 0.6 is 0 Å². The first-order chi connectivity index (χ1) is 19.4. The van der Waals surface area contributed by atoms with Crippen molar-refractivity contribution in [1.29, 1.82) is 0 Å². The second kappa shape index (κ2) is 12.0. The zero-order valence-electron chi connectivity index (χ0n) is 22.4. The highest BCUT2D eigenvalue weighted by atomic mass is 19.2. The molecule has 6 nitrogen and oxygen atoms in total. The van der Waals surface area contributed by atoms with Crippen LogP contribution in [0.1, 0.15) is 37.5 Å². The van der Waals surface area contributed by atoms with Crippen LogP contribution in [0.25, 0.3) is 10.9 Å². The van der Waals surface area contributed by atoms with Crippen molar-refractivity contribution in [3.8, 4) is 0 Å². The Morgan fingerprint density at radius 2 is 1.44 bits per heavy atom. The molecular formula is C30H27F5N2O4. The molecule has 4 aromatic rings. The molecule has 1 heterocycles. The lowest BCUT2D eigenvalue weighted by atomic mass is 10.1. The van der Waals surface area contributed by atoms with Gasteiger partial charge in [-0.1, -0.05) is 48.5 Å². The molecule has 0 fully saturated rings. The van der Waals surface area contributed by atoms with Gasteiger partial charge in [-0.05, 0) is 38.0 Å². The van der Waals surface area contributed by atoms with E-state index in [1.54, 1.807) is 75.4 Å². The monoisotopic (exact) mass is 574 g/mol. The number of aromatic nitrogens is 1. The molecule has 0 radical (unpaired) electrons. The van der Waals surface area contributed by atoms with Crippen molar-refractivity contribution in [3.63, 3.8) is 0 Å². The van der Waals surface area contributed by atoms with Crippen molar-refractivity contribution in [2.45, 2.75) is 52.0 Å². The molecule has 0 saturated carbocycles. The van der Waals surface area contributed by atoms with E-state index >= 15 is 0 Å². The number of carbonyl (C=O) groups is 2. The number of fused-ring (bicyclic) bond motifs is 1. The number of nitrogens with zero attached hydrogens (tertiary/aromatic N) is 1. The summed E-state index contributed by atoms with van der Waals surface area (Å²) in [6.07, 6.45) is 0.429. The van der Waals surface area contributed by atoms with Crippen molar-refractivity contribution in [3.05, 3.63) is 107 Å². The number of nitrogens with one attached hydrogen (secondary N) is 1. The number of halogens is 5. The van der Waals surface area contributed by atoms with Crippen LogP contribution in [0.5, 0.6) is 0 Å². The first-order valence-corrected chi connectivity index (χ1v) is 12.6. The Bertz CT molecular complexity index is 1550. The molecule has 4 rings (SSSR count). The lowest BCUT2D eigenvalue weighted by molar-refractivity contribution is -0.147. The number of hydrogen-bond donors (Lipinski definition) is 1. The largest absolute Gasteiger partial charge is 0.459 e. The minimum Gasteiger partial charge on any atom is -0.459 e.